The lowest BCUT2D eigenvalue weighted by molar-refractivity contribution is 0.587. The van der Waals surface area contributed by atoms with Crippen LogP contribution in [0.25, 0.3) is 0 Å². The van der Waals surface area contributed by atoms with Gasteiger partial charge in [0.25, 0.3) is 0 Å². The first-order valence-electron chi connectivity index (χ1n) is 19.6. The van der Waals surface area contributed by atoms with Crippen molar-refractivity contribution in [2.24, 2.45) is 0 Å². The molecule has 2 atom stereocenters. The Labute approximate surface area is 324 Å². The predicted octanol–water partition coefficient (Wildman–Crippen LogP) is 12.5. The maximum Gasteiger partial charge on any atom is 0.233 e. The molecule has 5 aromatic carbocycles. The van der Waals surface area contributed by atoms with Gasteiger partial charge in [-0.2, -0.15) is 0 Å². The molecule has 4 heteroatoms. The van der Waals surface area contributed by atoms with E-state index in [2.05, 4.69) is 209 Å². The minimum Gasteiger partial charge on any atom is -0.334 e. The Bertz CT molecular complexity index is 2220. The van der Waals surface area contributed by atoms with Gasteiger partial charge in [0.2, 0.25) is 6.71 Å². The second kappa shape index (κ2) is 12.1. The third kappa shape index (κ3) is 6.04. The van der Waals surface area contributed by atoms with E-state index in [0.29, 0.717) is 5.15 Å². The number of hydrogen-bond donors (Lipinski definition) is 0. The normalized spacial score (nSPS) is 18.1. The molecule has 2 nitrogen and oxygen atoms in total. The molecule has 3 aliphatic heterocycles. The first-order valence-corrected chi connectivity index (χ1v) is 20.5. The van der Waals surface area contributed by atoms with Gasteiger partial charge in [0, 0.05) is 38.5 Å². The van der Waals surface area contributed by atoms with E-state index in [1.165, 1.54) is 77.6 Å². The molecule has 0 saturated heterocycles. The Kier molecular flexibility index (Phi) is 8.22. The van der Waals surface area contributed by atoms with Gasteiger partial charge in [-0.05, 0) is 121 Å². The molecule has 272 valence electrons. The number of aryl methyl sites for hydroxylation is 1. The van der Waals surface area contributed by atoms with Crippen LogP contribution < -0.4 is 20.7 Å². The SMILES string of the molecule is Cc1cc2c3c(c1)N(c1ccc(C(C)(C)C)cc1)C1c4cc(C(C)(C)C)ccc4SC1B3c1cc(C(C)(C)C)ccc1N2c1ccc(C(C)(C)C)cc1. The highest BCUT2D eigenvalue weighted by molar-refractivity contribution is 8.02. The molecule has 0 aliphatic carbocycles. The fraction of sp³-hybridized carbons (Fsp3) is 0.388. The van der Waals surface area contributed by atoms with Crippen LogP contribution >= 0.6 is 11.8 Å². The largest absolute Gasteiger partial charge is 0.334 e. The van der Waals surface area contributed by atoms with Crippen molar-refractivity contribution in [1.29, 1.82) is 0 Å². The second-order valence-electron chi connectivity index (χ2n) is 20.0. The van der Waals surface area contributed by atoms with E-state index in [-0.39, 0.29) is 34.4 Å². The van der Waals surface area contributed by atoms with Gasteiger partial charge in [-0.15, -0.1) is 11.8 Å². The van der Waals surface area contributed by atoms with Crippen molar-refractivity contribution in [2.75, 3.05) is 9.80 Å². The minimum absolute atomic E-state index is 0.0346. The summed E-state index contributed by atoms with van der Waals surface area (Å²) >= 11 is 2.11. The number of anilines is 5. The number of hydrogen-bond acceptors (Lipinski definition) is 3. The zero-order valence-electron chi connectivity index (χ0n) is 34.3. The van der Waals surface area contributed by atoms with Gasteiger partial charge in [-0.3, -0.25) is 0 Å². The number of benzene rings is 5. The number of rotatable bonds is 2. The lowest BCUT2D eigenvalue weighted by Crippen LogP contribution is -2.62. The summed E-state index contributed by atoms with van der Waals surface area (Å²) in [4.78, 5) is 6.72. The van der Waals surface area contributed by atoms with Crippen LogP contribution in [-0.4, -0.2) is 11.9 Å². The lowest BCUT2D eigenvalue weighted by Gasteiger charge is -2.49. The maximum atomic E-state index is 2.73. The van der Waals surface area contributed by atoms with E-state index in [1.54, 1.807) is 0 Å². The molecule has 0 aromatic heterocycles. The Morgan fingerprint density at radius 1 is 0.509 bits per heavy atom. The van der Waals surface area contributed by atoms with Crippen LogP contribution in [0.5, 0.6) is 0 Å². The van der Waals surface area contributed by atoms with Gasteiger partial charge >= 0.3 is 0 Å². The van der Waals surface area contributed by atoms with Crippen LogP contribution in [0, 0.1) is 6.92 Å². The van der Waals surface area contributed by atoms with Gasteiger partial charge in [0.1, 0.15) is 0 Å². The van der Waals surface area contributed by atoms with Crippen molar-refractivity contribution in [3.8, 4) is 0 Å². The van der Waals surface area contributed by atoms with E-state index in [1.807, 2.05) is 0 Å². The number of fused-ring (bicyclic) bond motifs is 6. The summed E-state index contributed by atoms with van der Waals surface area (Å²) in [6.07, 6.45) is 0. The second-order valence-corrected chi connectivity index (χ2v) is 21.3. The summed E-state index contributed by atoms with van der Waals surface area (Å²) in [6.45, 7) is 30.4. The monoisotopic (exact) mass is 716 g/mol. The first-order chi connectivity index (χ1) is 24.7. The Morgan fingerprint density at radius 2 is 1.00 bits per heavy atom. The van der Waals surface area contributed by atoms with E-state index >= 15 is 0 Å². The van der Waals surface area contributed by atoms with Crippen LogP contribution in [0.15, 0.2) is 102 Å². The van der Waals surface area contributed by atoms with Crippen molar-refractivity contribution in [3.05, 3.63) is 130 Å². The summed E-state index contributed by atoms with van der Waals surface area (Å²) in [7, 11) is 0. The van der Waals surface area contributed by atoms with Crippen LogP contribution in [0.4, 0.5) is 28.4 Å². The fourth-order valence-corrected chi connectivity index (χ4v) is 10.4. The van der Waals surface area contributed by atoms with Crippen molar-refractivity contribution in [2.45, 2.75) is 128 Å². The smallest absolute Gasteiger partial charge is 0.233 e. The molecule has 0 radical (unpaired) electrons. The summed E-state index contributed by atoms with van der Waals surface area (Å²) in [5.74, 6) is 0. The molecular weight excluding hydrogens is 659 g/mol. The lowest BCUT2D eigenvalue weighted by atomic mass is 9.33. The average Bonchev–Trinajstić information content (AvgIpc) is 3.45. The Hall–Kier alpha value is -3.89. The van der Waals surface area contributed by atoms with Crippen LogP contribution in [0.2, 0.25) is 0 Å². The topological polar surface area (TPSA) is 6.48 Å². The molecule has 8 rings (SSSR count). The molecular formula is C49H57BN2S. The van der Waals surface area contributed by atoms with Crippen LogP contribution in [-0.2, 0) is 21.7 Å². The fourth-order valence-electron chi connectivity index (χ4n) is 8.80. The summed E-state index contributed by atoms with van der Waals surface area (Å²) in [6, 6.07) is 38.7. The number of thioether (sulfide) groups is 1. The predicted molar refractivity (Wildman–Crippen MR) is 233 cm³/mol. The molecule has 0 N–H and O–H groups in total. The van der Waals surface area contributed by atoms with Gasteiger partial charge in [0.15, 0.2) is 0 Å². The van der Waals surface area contributed by atoms with Crippen molar-refractivity contribution >= 4 is 57.8 Å². The third-order valence-corrected chi connectivity index (χ3v) is 13.4. The summed E-state index contributed by atoms with van der Waals surface area (Å²) in [5.41, 5.74) is 17.9. The quantitative estimate of drug-likeness (QED) is 0.168. The molecule has 2 unspecified atom stereocenters. The van der Waals surface area contributed by atoms with Crippen molar-refractivity contribution in [3.63, 3.8) is 0 Å². The van der Waals surface area contributed by atoms with Crippen molar-refractivity contribution < 1.29 is 0 Å². The van der Waals surface area contributed by atoms with Crippen LogP contribution in [0.1, 0.15) is 123 Å². The van der Waals surface area contributed by atoms with E-state index < -0.39 is 0 Å². The standard InChI is InChI=1S/C49H57BN2S/c1-30-26-40-43-41(27-30)52(36-22-16-32(17-23-36)47(5,6)7)44-37-28-33(48(8,9)10)19-25-42(37)53-45(44)50(43)38-29-34(49(11,12)13)18-24-39(38)51(40)35-20-14-31(15-21-35)46(2,3)4/h14-29,44-45H,1-13H3. The zero-order chi connectivity index (χ0) is 38.0. The average molecular weight is 717 g/mol. The Morgan fingerprint density at radius 3 is 1.57 bits per heavy atom. The van der Waals surface area contributed by atoms with E-state index in [9.17, 15) is 0 Å². The summed E-state index contributed by atoms with van der Waals surface area (Å²) < 4.78 is 0. The molecule has 3 aliphatic rings. The highest BCUT2D eigenvalue weighted by atomic mass is 32.2. The highest BCUT2D eigenvalue weighted by Crippen LogP contribution is 2.57. The first kappa shape index (κ1) is 36.1. The zero-order valence-corrected chi connectivity index (χ0v) is 35.1. The van der Waals surface area contributed by atoms with Crippen molar-refractivity contribution in [1.82, 2.24) is 0 Å². The molecule has 0 saturated carbocycles. The molecule has 0 fully saturated rings. The minimum atomic E-state index is 0.0346. The number of nitrogens with zero attached hydrogens (tertiary/aromatic N) is 2. The third-order valence-electron chi connectivity index (χ3n) is 11.9. The molecule has 0 spiro atoms. The van der Waals surface area contributed by atoms with Gasteiger partial charge in [-0.1, -0.05) is 132 Å². The summed E-state index contributed by atoms with van der Waals surface area (Å²) in [5, 5.41) is 0.302. The van der Waals surface area contributed by atoms with Gasteiger partial charge in [0.05, 0.1) is 6.04 Å². The highest BCUT2D eigenvalue weighted by Gasteiger charge is 2.54. The van der Waals surface area contributed by atoms with E-state index in [0.717, 1.165) is 0 Å². The molecule has 5 aromatic rings. The molecule has 3 heterocycles. The van der Waals surface area contributed by atoms with Crippen LogP contribution in [0.3, 0.4) is 0 Å². The van der Waals surface area contributed by atoms with Gasteiger partial charge in [-0.25, -0.2) is 0 Å². The Balaban J connectivity index is 1.43. The van der Waals surface area contributed by atoms with E-state index in [4.69, 9.17) is 0 Å². The molecule has 53 heavy (non-hydrogen) atoms. The van der Waals surface area contributed by atoms with Gasteiger partial charge < -0.3 is 9.80 Å². The molecule has 0 amide bonds. The maximum absolute atomic E-state index is 2.73. The molecule has 0 bridgehead atoms.